The van der Waals surface area contributed by atoms with Crippen LogP contribution >= 0.6 is 7.47 Å². The molecule has 0 atom stereocenters. The normalized spacial score (nSPS) is 12.6. The molecule has 4 aromatic carbocycles. The van der Waals surface area contributed by atoms with Gasteiger partial charge in [-0.1, -0.05) is 143 Å². The van der Waals surface area contributed by atoms with Gasteiger partial charge in [-0.05, 0) is 28.2 Å². The van der Waals surface area contributed by atoms with Crippen molar-refractivity contribution in [3.05, 3.63) is 97.1 Å². The van der Waals surface area contributed by atoms with Crippen LogP contribution in [-0.2, 0) is 0 Å². The Morgan fingerprint density at radius 2 is 0.811 bits per heavy atom. The number of rotatable bonds is 7. The van der Waals surface area contributed by atoms with E-state index in [1.165, 1.54) is 10.4 Å². The van der Waals surface area contributed by atoms with Crippen molar-refractivity contribution < 1.29 is 10.2 Å². The molecule has 0 amide bonds. The third-order valence-corrected chi connectivity index (χ3v) is 22.5. The second-order valence-electron chi connectivity index (χ2n) is 12.0. The Morgan fingerprint density at radius 3 is 1.14 bits per heavy atom. The Balaban J connectivity index is 2.15. The molecule has 2 N–H and O–H groups in total. The standard InChI is InChI=1S/C31H39O2PSi3/c1-35(2,3)28-22-14-20-26(30(28)32)34(27-21-15-23-29(31(27)33)36(4,5)6)37(7,24-16-10-8-11-17-24)25-18-12-9-13-19-25/h8-23,32-33H,1-7H3. The first kappa shape index (κ1) is 27.6. The number of phenols is 2. The van der Waals surface area contributed by atoms with E-state index in [4.69, 9.17) is 0 Å². The lowest BCUT2D eigenvalue weighted by atomic mass is 10.3. The maximum atomic E-state index is 11.9. The Morgan fingerprint density at radius 1 is 0.459 bits per heavy atom. The van der Waals surface area contributed by atoms with Crippen molar-refractivity contribution in [3.8, 4) is 11.5 Å². The molecule has 4 rings (SSSR count). The second kappa shape index (κ2) is 10.4. The van der Waals surface area contributed by atoms with Gasteiger partial charge in [-0.2, -0.15) is 0 Å². The summed E-state index contributed by atoms with van der Waals surface area (Å²) < 4.78 is 0. The lowest BCUT2D eigenvalue weighted by molar-refractivity contribution is 0.483. The van der Waals surface area contributed by atoms with Crippen LogP contribution in [0.15, 0.2) is 97.1 Å². The van der Waals surface area contributed by atoms with Crippen LogP contribution in [0, 0.1) is 0 Å². The van der Waals surface area contributed by atoms with Crippen LogP contribution in [0.4, 0.5) is 0 Å². The Kier molecular flexibility index (Phi) is 7.74. The van der Waals surface area contributed by atoms with E-state index in [9.17, 15) is 10.2 Å². The molecular weight excluding hydrogens is 520 g/mol. The van der Waals surface area contributed by atoms with E-state index in [-0.39, 0.29) is 0 Å². The lowest BCUT2D eigenvalue weighted by Gasteiger charge is -2.39. The highest BCUT2D eigenvalue weighted by Crippen LogP contribution is 2.48. The van der Waals surface area contributed by atoms with Crippen LogP contribution in [0.5, 0.6) is 11.5 Å². The van der Waals surface area contributed by atoms with E-state index in [0.717, 1.165) is 21.0 Å². The molecule has 37 heavy (non-hydrogen) atoms. The highest BCUT2D eigenvalue weighted by molar-refractivity contribution is 8.08. The molecule has 0 unspecified atom stereocenters. The lowest BCUT2D eigenvalue weighted by Crippen LogP contribution is -2.58. The van der Waals surface area contributed by atoms with Crippen LogP contribution in [0.25, 0.3) is 0 Å². The fourth-order valence-corrected chi connectivity index (χ4v) is 19.6. The highest BCUT2D eigenvalue weighted by atomic mass is 31.4. The van der Waals surface area contributed by atoms with Gasteiger partial charge in [0.15, 0.2) is 0 Å². The molecule has 0 heterocycles. The van der Waals surface area contributed by atoms with Gasteiger partial charge in [0.2, 0.25) is 0 Å². The first-order valence-electron chi connectivity index (χ1n) is 12.9. The van der Waals surface area contributed by atoms with Gasteiger partial charge in [0.05, 0.1) is 16.1 Å². The van der Waals surface area contributed by atoms with Gasteiger partial charge >= 0.3 is 0 Å². The van der Waals surface area contributed by atoms with Gasteiger partial charge in [-0.25, -0.2) is 0 Å². The zero-order chi connectivity index (χ0) is 27.0. The minimum Gasteiger partial charge on any atom is -0.507 e. The van der Waals surface area contributed by atoms with Gasteiger partial charge in [-0.3, -0.25) is 0 Å². The van der Waals surface area contributed by atoms with Crippen LogP contribution in [0.2, 0.25) is 45.8 Å². The quantitative estimate of drug-likeness (QED) is 0.247. The molecule has 0 saturated carbocycles. The fourth-order valence-electron chi connectivity index (χ4n) is 5.20. The topological polar surface area (TPSA) is 40.5 Å². The summed E-state index contributed by atoms with van der Waals surface area (Å²) in [5.74, 6) is 0.854. The number of hydrogen-bond acceptors (Lipinski definition) is 2. The van der Waals surface area contributed by atoms with Crippen molar-refractivity contribution in [2.75, 3.05) is 0 Å². The number of phenolic OH excluding ortho intramolecular Hbond substituents is 2. The Labute approximate surface area is 226 Å². The van der Waals surface area contributed by atoms with E-state index >= 15 is 0 Å². The maximum Gasteiger partial charge on any atom is 0.150 e. The predicted molar refractivity (Wildman–Crippen MR) is 172 cm³/mol. The Bertz CT molecular complexity index is 1270. The zero-order valence-electron chi connectivity index (χ0n) is 23.1. The fraction of sp³-hybridized carbons (Fsp3) is 0.226. The van der Waals surface area contributed by atoms with Gasteiger partial charge in [0, 0.05) is 10.6 Å². The van der Waals surface area contributed by atoms with Crippen LogP contribution < -0.4 is 31.4 Å². The minimum atomic E-state index is -2.56. The largest absolute Gasteiger partial charge is 0.507 e. The third kappa shape index (κ3) is 5.28. The number of hydrogen-bond donors (Lipinski definition) is 2. The van der Waals surface area contributed by atoms with E-state index in [1.54, 1.807) is 0 Å². The molecule has 192 valence electrons. The summed E-state index contributed by atoms with van der Waals surface area (Å²) in [4.78, 5) is 0. The summed E-state index contributed by atoms with van der Waals surface area (Å²) in [6.07, 6.45) is 0. The van der Waals surface area contributed by atoms with Crippen molar-refractivity contribution in [2.24, 2.45) is 0 Å². The zero-order valence-corrected chi connectivity index (χ0v) is 27.0. The first-order valence-corrected chi connectivity index (χ1v) is 24.6. The van der Waals surface area contributed by atoms with Crippen LogP contribution in [0.3, 0.4) is 0 Å². The molecule has 0 aliphatic rings. The first-order chi connectivity index (χ1) is 17.4. The van der Waals surface area contributed by atoms with Crippen molar-refractivity contribution in [1.29, 1.82) is 0 Å². The van der Waals surface area contributed by atoms with Gasteiger partial charge < -0.3 is 10.2 Å². The second-order valence-corrected chi connectivity index (χ2v) is 31.0. The number of aromatic hydroxyl groups is 2. The monoisotopic (exact) mass is 558 g/mol. The highest BCUT2D eigenvalue weighted by Gasteiger charge is 2.45. The summed E-state index contributed by atoms with van der Waals surface area (Å²) in [6, 6.07) is 34.2. The summed E-state index contributed by atoms with van der Waals surface area (Å²) in [6.45, 7) is 16.1. The third-order valence-electron chi connectivity index (χ3n) is 7.25. The van der Waals surface area contributed by atoms with E-state index in [0.29, 0.717) is 11.5 Å². The molecule has 0 fully saturated rings. The Hall–Kier alpha value is -2.44. The van der Waals surface area contributed by atoms with Gasteiger partial charge in [-0.15, -0.1) is 0 Å². The molecule has 4 aromatic rings. The van der Waals surface area contributed by atoms with Crippen LogP contribution in [0.1, 0.15) is 0 Å². The molecule has 0 radical (unpaired) electrons. The van der Waals surface area contributed by atoms with Gasteiger partial charge in [0.25, 0.3) is 0 Å². The summed E-state index contributed by atoms with van der Waals surface area (Å²) in [5, 5.41) is 30.6. The smallest absolute Gasteiger partial charge is 0.150 e. The molecule has 0 bridgehead atoms. The van der Waals surface area contributed by atoms with E-state index in [2.05, 4.69) is 143 Å². The molecule has 2 nitrogen and oxygen atoms in total. The van der Waals surface area contributed by atoms with Crippen molar-refractivity contribution in [1.82, 2.24) is 0 Å². The van der Waals surface area contributed by atoms with Gasteiger partial charge in [0.1, 0.15) is 19.2 Å². The molecule has 6 heteroatoms. The molecule has 0 spiro atoms. The van der Waals surface area contributed by atoms with Crippen molar-refractivity contribution in [2.45, 2.75) is 45.8 Å². The van der Waals surface area contributed by atoms with Crippen molar-refractivity contribution >= 4 is 62.7 Å². The molecule has 0 aliphatic heterocycles. The summed E-state index contributed by atoms with van der Waals surface area (Å²) in [7, 11) is -7.31. The number of para-hydroxylation sites is 2. The SMILES string of the molecule is C[Si](C)(C)c1cccc(P(c2cccc([Si](C)(C)C)c2O)[Si](C)(c2ccccc2)c2ccccc2)c1O. The van der Waals surface area contributed by atoms with Crippen molar-refractivity contribution in [3.63, 3.8) is 0 Å². The molecule has 0 aliphatic carbocycles. The molecule has 0 saturated heterocycles. The maximum absolute atomic E-state index is 11.9. The number of benzene rings is 4. The van der Waals surface area contributed by atoms with E-state index in [1.807, 2.05) is 0 Å². The molecular formula is C31H39O2PSi3. The summed E-state index contributed by atoms with van der Waals surface area (Å²) in [5.41, 5.74) is 0. The minimum absolute atomic E-state index is 0.427. The van der Waals surface area contributed by atoms with E-state index < -0.39 is 31.4 Å². The van der Waals surface area contributed by atoms with Crippen LogP contribution in [-0.4, -0.2) is 34.1 Å². The average Bonchev–Trinajstić information content (AvgIpc) is 2.85. The summed E-state index contributed by atoms with van der Waals surface area (Å²) >= 11 is 0. The predicted octanol–water partition coefficient (Wildman–Crippen LogP) is 5.01. The average molecular weight is 559 g/mol. The molecule has 0 aromatic heterocycles.